The van der Waals surface area contributed by atoms with E-state index < -0.39 is 0 Å². The third kappa shape index (κ3) is 4.98. The van der Waals surface area contributed by atoms with Crippen molar-refractivity contribution in [2.75, 3.05) is 6.61 Å². The minimum atomic E-state index is -0.215. The first-order valence-corrected chi connectivity index (χ1v) is 18.0. The summed E-state index contributed by atoms with van der Waals surface area (Å²) in [5.41, 5.74) is 3.25. The van der Waals surface area contributed by atoms with Crippen LogP contribution < -0.4 is 0 Å². The Morgan fingerprint density at radius 1 is 0.886 bits per heavy atom. The second kappa shape index (κ2) is 12.1. The van der Waals surface area contributed by atoms with Gasteiger partial charge in [-0.3, -0.25) is 0 Å². The van der Waals surface area contributed by atoms with Gasteiger partial charge >= 0.3 is 5.97 Å². The van der Waals surface area contributed by atoms with Gasteiger partial charge in [0.1, 0.15) is 6.10 Å². The van der Waals surface area contributed by atoms with E-state index in [1.54, 1.807) is 6.08 Å². The number of carbonyl (C=O) groups excluding carboxylic acids is 1. The number of ether oxygens (including phenoxy) is 1. The fourth-order valence-corrected chi connectivity index (χ4v) is 12.7. The van der Waals surface area contributed by atoms with Gasteiger partial charge in [0.15, 0.2) is 0 Å². The number of hydrogen-bond donors (Lipinski definition) is 1. The van der Waals surface area contributed by atoms with Crippen LogP contribution in [-0.2, 0) is 9.53 Å². The predicted molar refractivity (Wildman–Crippen MR) is 183 cm³/mol. The Morgan fingerprint density at radius 3 is 2.25 bits per heavy atom. The summed E-state index contributed by atoms with van der Waals surface area (Å²) in [5, 5.41) is 10.8. The number of rotatable bonds is 5. The highest BCUT2D eigenvalue weighted by atomic mass is 16.5. The number of hydrogen-bond acceptors (Lipinski definition) is 3. The van der Waals surface area contributed by atoms with Crippen LogP contribution in [0.2, 0.25) is 0 Å². The van der Waals surface area contributed by atoms with E-state index in [0.717, 1.165) is 18.4 Å². The van der Waals surface area contributed by atoms with Gasteiger partial charge in [-0.2, -0.15) is 0 Å². The quantitative estimate of drug-likeness (QED) is 0.207. The topological polar surface area (TPSA) is 46.5 Å². The van der Waals surface area contributed by atoms with Crippen molar-refractivity contribution in [1.82, 2.24) is 0 Å². The van der Waals surface area contributed by atoms with Crippen LogP contribution in [0.15, 0.2) is 48.6 Å². The van der Waals surface area contributed by atoms with Gasteiger partial charge in [-0.05, 0) is 134 Å². The zero-order chi connectivity index (χ0) is 32.1. The minimum absolute atomic E-state index is 0.0468. The molecule has 0 radical (unpaired) electrons. The second-order valence-corrected chi connectivity index (χ2v) is 16.7. The van der Waals surface area contributed by atoms with E-state index >= 15 is 0 Å². The molecule has 5 saturated carbocycles. The van der Waals surface area contributed by atoms with Crippen molar-refractivity contribution in [1.29, 1.82) is 0 Å². The molecule has 1 aromatic rings. The molecule has 0 spiro atoms. The van der Waals surface area contributed by atoms with E-state index in [1.165, 1.54) is 56.9 Å². The maximum absolute atomic E-state index is 13.0. The van der Waals surface area contributed by atoms with Crippen molar-refractivity contribution >= 4 is 12.0 Å². The van der Waals surface area contributed by atoms with Gasteiger partial charge < -0.3 is 9.84 Å². The third-order valence-corrected chi connectivity index (χ3v) is 15.0. The van der Waals surface area contributed by atoms with Crippen molar-refractivity contribution in [2.24, 2.45) is 56.7 Å². The average Bonchev–Trinajstić information content (AvgIpc) is 3.40. The highest BCUT2D eigenvalue weighted by molar-refractivity contribution is 5.87. The van der Waals surface area contributed by atoms with Gasteiger partial charge in [0.2, 0.25) is 0 Å². The van der Waals surface area contributed by atoms with E-state index in [9.17, 15) is 9.90 Å². The summed E-state index contributed by atoms with van der Waals surface area (Å²) in [5.74, 6) is 2.83. The van der Waals surface area contributed by atoms with Crippen molar-refractivity contribution < 1.29 is 14.6 Å². The molecule has 0 aromatic heterocycles. The number of aliphatic hydroxyl groups is 1. The lowest BCUT2D eigenvalue weighted by molar-refractivity contribution is -0.251. The average molecular weight is 603 g/mol. The van der Waals surface area contributed by atoms with Crippen molar-refractivity contribution in [3.63, 3.8) is 0 Å². The predicted octanol–water partition coefficient (Wildman–Crippen LogP) is 10.3. The van der Waals surface area contributed by atoms with Gasteiger partial charge in [0.05, 0.1) is 0 Å². The molecule has 44 heavy (non-hydrogen) atoms. The van der Waals surface area contributed by atoms with E-state index in [0.29, 0.717) is 47.0 Å². The lowest BCUT2D eigenvalue weighted by Crippen LogP contribution is -2.67. The van der Waals surface area contributed by atoms with Crippen molar-refractivity contribution in [3.05, 3.63) is 54.1 Å². The van der Waals surface area contributed by atoms with E-state index in [4.69, 9.17) is 4.74 Å². The Balaban J connectivity index is 0.00000188. The van der Waals surface area contributed by atoms with E-state index in [-0.39, 0.29) is 28.3 Å². The van der Waals surface area contributed by atoms with Crippen LogP contribution in [0.1, 0.15) is 125 Å². The monoisotopic (exact) mass is 602 g/mol. The molecule has 3 nitrogen and oxygen atoms in total. The summed E-state index contributed by atoms with van der Waals surface area (Å²) >= 11 is 0. The lowest BCUT2D eigenvalue weighted by atomic mass is 9.32. The Hall–Kier alpha value is -1.87. The highest BCUT2D eigenvalue weighted by Crippen LogP contribution is 2.77. The molecule has 0 unspecified atom stereocenters. The molecule has 5 fully saturated rings. The van der Waals surface area contributed by atoms with Gasteiger partial charge in [0, 0.05) is 18.1 Å². The molecule has 5 aliphatic rings. The highest BCUT2D eigenvalue weighted by Gasteiger charge is 2.71. The molecular weight excluding hydrogens is 540 g/mol. The van der Waals surface area contributed by atoms with Crippen LogP contribution in [-0.4, -0.2) is 23.8 Å². The summed E-state index contributed by atoms with van der Waals surface area (Å²) in [6.45, 7) is 23.8. The molecule has 1 N–H and O–H groups in total. The van der Waals surface area contributed by atoms with Crippen LogP contribution >= 0.6 is 0 Å². The summed E-state index contributed by atoms with van der Waals surface area (Å²) in [6, 6.07) is 9.99. The number of aliphatic hydroxyl groups excluding tert-OH is 1. The van der Waals surface area contributed by atoms with Crippen LogP contribution in [0, 0.1) is 56.7 Å². The maximum atomic E-state index is 13.0. The normalized spacial score (nSPS) is 43.8. The Labute approximate surface area is 269 Å². The molecule has 10 atom stereocenters. The Bertz CT molecular complexity index is 1230. The summed E-state index contributed by atoms with van der Waals surface area (Å²) < 4.78 is 6.24. The Morgan fingerprint density at radius 2 is 1.59 bits per heavy atom. The largest absolute Gasteiger partial charge is 0.459 e. The number of benzene rings is 1. The van der Waals surface area contributed by atoms with Gasteiger partial charge in [-0.25, -0.2) is 4.79 Å². The lowest BCUT2D eigenvalue weighted by Gasteiger charge is -2.73. The van der Waals surface area contributed by atoms with Crippen molar-refractivity contribution in [2.45, 2.75) is 126 Å². The fourth-order valence-electron chi connectivity index (χ4n) is 12.7. The van der Waals surface area contributed by atoms with Crippen LogP contribution in [0.5, 0.6) is 0 Å². The molecule has 5 aliphatic carbocycles. The Kier molecular flexibility index (Phi) is 9.17. The zero-order valence-corrected chi connectivity index (χ0v) is 29.3. The summed E-state index contributed by atoms with van der Waals surface area (Å²) in [7, 11) is 0. The molecule has 1 aromatic carbocycles. The molecule has 6 rings (SSSR count). The third-order valence-electron chi connectivity index (χ3n) is 15.0. The molecule has 3 heteroatoms. The number of esters is 1. The first kappa shape index (κ1) is 33.5. The van der Waals surface area contributed by atoms with Gasteiger partial charge in [-0.1, -0.05) is 91.0 Å². The van der Waals surface area contributed by atoms with Crippen LogP contribution in [0.4, 0.5) is 0 Å². The fraction of sp³-hybridized carbons (Fsp3) is 0.732. The number of allylic oxidation sites excluding steroid dienone is 1. The molecule has 0 aliphatic heterocycles. The van der Waals surface area contributed by atoms with E-state index in [2.05, 4.69) is 48.1 Å². The number of fused-ring (bicyclic) bond motifs is 7. The molecule has 244 valence electrons. The zero-order valence-electron chi connectivity index (χ0n) is 29.3. The first-order valence-electron chi connectivity index (χ1n) is 18.0. The molecule has 0 heterocycles. The second-order valence-electron chi connectivity index (χ2n) is 16.7. The van der Waals surface area contributed by atoms with Crippen LogP contribution in [0.25, 0.3) is 6.08 Å². The van der Waals surface area contributed by atoms with Crippen molar-refractivity contribution in [3.8, 4) is 0 Å². The van der Waals surface area contributed by atoms with Gasteiger partial charge in [-0.15, -0.1) is 0 Å². The molecule has 0 bridgehead atoms. The van der Waals surface area contributed by atoms with Crippen LogP contribution in [0.3, 0.4) is 0 Å². The molecule has 0 saturated heterocycles. The smallest absolute Gasteiger partial charge is 0.331 e. The SMILES string of the molecule is C=C(C)[C@@H]1CC[C@]2(CO)CC[C@]3(C)[C@H](CC[C@@H]4[C@@]5(C)CC[C@H](OC(=O)/C=C/c6ccccc6)C(C)(C)[C@@H]5CC[C@]43C)[C@@H]12.CC. The maximum Gasteiger partial charge on any atom is 0.331 e. The first-order chi connectivity index (χ1) is 20.8. The summed E-state index contributed by atoms with van der Waals surface area (Å²) in [6.07, 6.45) is 15.4. The number of carbonyl (C=O) groups is 1. The van der Waals surface area contributed by atoms with Gasteiger partial charge in [0.25, 0.3) is 0 Å². The summed E-state index contributed by atoms with van der Waals surface area (Å²) in [4.78, 5) is 13.0. The standard InChI is InChI=1S/C39H56O3.C2H6/c1-26(2)28-17-22-39(25-40)24-23-37(6)29(34(28)39)14-15-31-36(5)20-19-32(35(3,4)30(36)18-21-38(31,37)7)42-33(41)16-13-27-11-9-8-10-12-27;1-2/h8-13,16,28-32,34,40H,1,14-15,17-25H2,2-7H3;1-2H3/b16-13+;/t28-,29+,30-,31+,32-,34+,36-,37+,38+,39+;/m0./s1. The van der Waals surface area contributed by atoms with E-state index in [1.807, 2.05) is 50.3 Å². The molecular formula is C41H62O3. The molecule has 0 amide bonds. The minimum Gasteiger partial charge on any atom is -0.459 e.